The lowest BCUT2D eigenvalue weighted by atomic mass is 10.2. The minimum Gasteiger partial charge on any atom is -0.494 e. The molecule has 0 unspecified atom stereocenters. The fourth-order valence-corrected chi connectivity index (χ4v) is 2.56. The molecule has 1 N–H and O–H groups in total. The summed E-state index contributed by atoms with van der Waals surface area (Å²) in [6, 6.07) is 17.2. The van der Waals surface area contributed by atoms with E-state index in [2.05, 4.69) is 10.3 Å². The van der Waals surface area contributed by atoms with E-state index in [4.69, 9.17) is 9.47 Å². The molecule has 0 aliphatic rings. The largest absolute Gasteiger partial charge is 0.494 e. The van der Waals surface area contributed by atoms with Gasteiger partial charge in [0, 0.05) is 30.6 Å². The molecule has 0 radical (unpaired) electrons. The van der Waals surface area contributed by atoms with Gasteiger partial charge in [-0.2, -0.15) is 0 Å². The van der Waals surface area contributed by atoms with Gasteiger partial charge in [-0.3, -0.25) is 9.78 Å². The molecule has 2 aromatic carbocycles. The number of nitrogens with one attached hydrogen (secondary N) is 1. The number of ether oxygens (including phenoxy) is 2. The van der Waals surface area contributed by atoms with Crippen molar-refractivity contribution in [2.24, 2.45) is 0 Å². The zero-order chi connectivity index (χ0) is 21.0. The van der Waals surface area contributed by atoms with E-state index in [0.29, 0.717) is 31.9 Å². The fraction of sp³-hybridized carbons (Fsp3) is 0.167. The number of rotatable bonds is 10. The van der Waals surface area contributed by atoms with Crippen LogP contribution < -0.4 is 14.8 Å². The number of hydrogen-bond acceptors (Lipinski definition) is 4. The van der Waals surface area contributed by atoms with Gasteiger partial charge < -0.3 is 14.8 Å². The summed E-state index contributed by atoms with van der Waals surface area (Å²) >= 11 is 0. The molecule has 3 rings (SSSR count). The van der Waals surface area contributed by atoms with Gasteiger partial charge in [0.25, 0.3) is 0 Å². The molecule has 30 heavy (non-hydrogen) atoms. The molecule has 1 heterocycles. The highest BCUT2D eigenvalue weighted by Gasteiger charge is 1.99. The minimum absolute atomic E-state index is 0.173. The summed E-state index contributed by atoms with van der Waals surface area (Å²) in [5.41, 5.74) is 1.90. The molecule has 1 aromatic heterocycles. The summed E-state index contributed by atoms with van der Waals surface area (Å²) in [4.78, 5) is 16.0. The average molecular weight is 406 g/mol. The van der Waals surface area contributed by atoms with Gasteiger partial charge in [-0.15, -0.1) is 0 Å². The molecular weight excluding hydrogens is 383 g/mol. The normalized spacial score (nSPS) is 10.7. The molecule has 0 aliphatic heterocycles. The van der Waals surface area contributed by atoms with Gasteiger partial charge in [0.15, 0.2) is 0 Å². The Morgan fingerprint density at radius 2 is 1.73 bits per heavy atom. The van der Waals surface area contributed by atoms with Crippen molar-refractivity contribution in [2.75, 3.05) is 13.2 Å². The van der Waals surface area contributed by atoms with E-state index >= 15 is 0 Å². The first kappa shape index (κ1) is 21.0. The van der Waals surface area contributed by atoms with Crippen LogP contribution in [0.25, 0.3) is 6.08 Å². The predicted molar refractivity (Wildman–Crippen MR) is 114 cm³/mol. The van der Waals surface area contributed by atoms with Crippen molar-refractivity contribution in [3.05, 3.63) is 96.1 Å². The van der Waals surface area contributed by atoms with Gasteiger partial charge in [0.05, 0.1) is 6.61 Å². The first-order chi connectivity index (χ1) is 14.7. The Morgan fingerprint density at radius 3 is 2.47 bits per heavy atom. The molecule has 3 aromatic rings. The SMILES string of the molecule is O=C(/C=C/c1ccc(OCc2cccnc2)cc1)NCCCOc1ccc(F)cc1. The van der Waals surface area contributed by atoms with Crippen molar-refractivity contribution in [1.82, 2.24) is 10.3 Å². The second-order valence-corrected chi connectivity index (χ2v) is 6.50. The summed E-state index contributed by atoms with van der Waals surface area (Å²) in [5.74, 6) is 0.888. The highest BCUT2D eigenvalue weighted by atomic mass is 19.1. The quantitative estimate of drug-likeness (QED) is 0.401. The monoisotopic (exact) mass is 406 g/mol. The van der Waals surface area contributed by atoms with Crippen molar-refractivity contribution in [2.45, 2.75) is 13.0 Å². The maximum atomic E-state index is 12.8. The zero-order valence-corrected chi connectivity index (χ0v) is 16.5. The van der Waals surface area contributed by atoms with Gasteiger partial charge in [-0.1, -0.05) is 18.2 Å². The number of carbonyl (C=O) groups excluding carboxylic acids is 1. The van der Waals surface area contributed by atoms with Crippen LogP contribution in [-0.4, -0.2) is 24.0 Å². The summed E-state index contributed by atoms with van der Waals surface area (Å²) in [6.07, 6.45) is 7.38. The van der Waals surface area contributed by atoms with Crippen LogP contribution in [0.1, 0.15) is 17.5 Å². The van der Waals surface area contributed by atoms with E-state index in [1.54, 1.807) is 30.6 Å². The van der Waals surface area contributed by atoms with Gasteiger partial charge in [0.2, 0.25) is 5.91 Å². The predicted octanol–water partition coefficient (Wildman–Crippen LogP) is 4.40. The van der Waals surface area contributed by atoms with Crippen molar-refractivity contribution in [3.63, 3.8) is 0 Å². The van der Waals surface area contributed by atoms with E-state index in [9.17, 15) is 9.18 Å². The molecule has 5 nitrogen and oxygen atoms in total. The number of nitrogens with zero attached hydrogens (tertiary/aromatic N) is 1. The van der Waals surface area contributed by atoms with E-state index in [1.807, 2.05) is 36.4 Å². The van der Waals surface area contributed by atoms with E-state index in [1.165, 1.54) is 18.2 Å². The molecular formula is C24H23FN2O3. The lowest BCUT2D eigenvalue weighted by Gasteiger charge is -2.06. The lowest BCUT2D eigenvalue weighted by molar-refractivity contribution is -0.116. The van der Waals surface area contributed by atoms with Crippen LogP contribution >= 0.6 is 0 Å². The fourth-order valence-electron chi connectivity index (χ4n) is 2.56. The van der Waals surface area contributed by atoms with Crippen LogP contribution in [0.5, 0.6) is 11.5 Å². The van der Waals surface area contributed by atoms with Gasteiger partial charge >= 0.3 is 0 Å². The molecule has 1 amide bonds. The first-order valence-corrected chi connectivity index (χ1v) is 9.65. The Labute approximate surface area is 175 Å². The topological polar surface area (TPSA) is 60.5 Å². The van der Waals surface area contributed by atoms with Crippen molar-refractivity contribution >= 4 is 12.0 Å². The van der Waals surface area contributed by atoms with Gasteiger partial charge in [-0.05, 0) is 60.5 Å². The second-order valence-electron chi connectivity index (χ2n) is 6.50. The Hall–Kier alpha value is -3.67. The number of pyridine rings is 1. The maximum Gasteiger partial charge on any atom is 0.244 e. The van der Waals surface area contributed by atoms with Crippen molar-refractivity contribution in [3.8, 4) is 11.5 Å². The number of amides is 1. The smallest absolute Gasteiger partial charge is 0.244 e. The van der Waals surface area contributed by atoms with Crippen LogP contribution in [0.15, 0.2) is 79.1 Å². The minimum atomic E-state index is -0.298. The Kier molecular flexibility index (Phi) is 7.97. The molecule has 0 spiro atoms. The molecule has 0 bridgehead atoms. The molecule has 0 aliphatic carbocycles. The summed E-state index contributed by atoms with van der Waals surface area (Å²) < 4.78 is 24.0. The van der Waals surface area contributed by atoms with Crippen LogP contribution in [0, 0.1) is 5.82 Å². The summed E-state index contributed by atoms with van der Waals surface area (Å²) in [7, 11) is 0. The molecule has 0 saturated carbocycles. The van der Waals surface area contributed by atoms with E-state index < -0.39 is 0 Å². The Bertz CT molecular complexity index is 942. The van der Waals surface area contributed by atoms with Crippen LogP contribution in [0.3, 0.4) is 0 Å². The van der Waals surface area contributed by atoms with Gasteiger partial charge in [-0.25, -0.2) is 4.39 Å². The highest BCUT2D eigenvalue weighted by Crippen LogP contribution is 2.15. The Morgan fingerprint density at radius 1 is 1.00 bits per heavy atom. The number of benzene rings is 2. The van der Waals surface area contributed by atoms with Crippen LogP contribution in [0.2, 0.25) is 0 Å². The third kappa shape index (κ3) is 7.39. The average Bonchev–Trinajstić information content (AvgIpc) is 2.79. The molecule has 0 saturated heterocycles. The number of halogens is 1. The van der Waals surface area contributed by atoms with Crippen LogP contribution in [-0.2, 0) is 11.4 Å². The lowest BCUT2D eigenvalue weighted by Crippen LogP contribution is -2.23. The molecule has 154 valence electrons. The third-order valence-electron chi connectivity index (χ3n) is 4.14. The molecule has 0 atom stereocenters. The number of aromatic nitrogens is 1. The summed E-state index contributed by atoms with van der Waals surface area (Å²) in [6.45, 7) is 1.39. The third-order valence-corrected chi connectivity index (χ3v) is 4.14. The standard InChI is InChI=1S/C24H23FN2O3/c25-21-7-11-22(12-8-21)29-16-2-15-27-24(28)13-6-19-4-9-23(10-5-19)30-18-20-3-1-14-26-17-20/h1,3-14,17H,2,15-16,18H2,(H,27,28)/b13-6+. The van der Waals surface area contributed by atoms with Crippen molar-refractivity contribution < 1.29 is 18.7 Å². The van der Waals surface area contributed by atoms with E-state index in [0.717, 1.165) is 16.9 Å². The highest BCUT2D eigenvalue weighted by molar-refractivity contribution is 5.91. The van der Waals surface area contributed by atoms with Crippen LogP contribution in [0.4, 0.5) is 4.39 Å². The first-order valence-electron chi connectivity index (χ1n) is 9.65. The maximum absolute atomic E-state index is 12.8. The van der Waals surface area contributed by atoms with Gasteiger partial charge in [0.1, 0.15) is 23.9 Å². The second kappa shape index (κ2) is 11.4. The molecule has 6 heteroatoms. The Balaban J connectivity index is 1.33. The van der Waals surface area contributed by atoms with E-state index in [-0.39, 0.29) is 11.7 Å². The summed E-state index contributed by atoms with van der Waals surface area (Å²) in [5, 5.41) is 2.80. The zero-order valence-electron chi connectivity index (χ0n) is 16.5. The molecule has 0 fully saturated rings. The number of hydrogen-bond donors (Lipinski definition) is 1. The van der Waals surface area contributed by atoms with Crippen molar-refractivity contribution in [1.29, 1.82) is 0 Å². The number of carbonyl (C=O) groups is 1.